The largest absolute Gasteiger partial charge is 0.341 e. The zero-order chi connectivity index (χ0) is 21.6. The molecule has 0 unspecified atom stereocenters. The molecule has 0 aliphatic carbocycles. The Kier molecular flexibility index (Phi) is 7.76. The second-order valence-electron chi connectivity index (χ2n) is 7.80. The lowest BCUT2D eigenvalue weighted by atomic mass is 10.0. The van der Waals surface area contributed by atoms with Crippen molar-refractivity contribution in [3.8, 4) is 11.3 Å². The predicted molar refractivity (Wildman–Crippen MR) is 130 cm³/mol. The molecule has 3 heterocycles. The van der Waals surface area contributed by atoms with Crippen LogP contribution >= 0.6 is 0 Å². The Labute approximate surface area is 190 Å². The summed E-state index contributed by atoms with van der Waals surface area (Å²) in [5.41, 5.74) is 3.77. The van der Waals surface area contributed by atoms with Gasteiger partial charge in [0.25, 0.3) is 0 Å². The lowest BCUT2D eigenvalue weighted by Gasteiger charge is -2.36. The minimum Gasteiger partial charge on any atom is -0.341 e. The Morgan fingerprint density at radius 3 is 2.31 bits per heavy atom. The van der Waals surface area contributed by atoms with E-state index in [0.717, 1.165) is 55.1 Å². The van der Waals surface area contributed by atoms with E-state index in [0.29, 0.717) is 5.69 Å². The van der Waals surface area contributed by atoms with E-state index in [-0.39, 0.29) is 19.5 Å². The van der Waals surface area contributed by atoms with Gasteiger partial charge in [0.05, 0.1) is 17.6 Å². The molecule has 1 aliphatic rings. The minimum atomic E-state index is -0.115. The fourth-order valence-corrected chi connectivity index (χ4v) is 3.77. The van der Waals surface area contributed by atoms with Gasteiger partial charge in [0.2, 0.25) is 5.95 Å². The highest BCUT2D eigenvalue weighted by molar-refractivity contribution is 5.89. The molecule has 7 nitrogen and oxygen atoms in total. The zero-order valence-corrected chi connectivity index (χ0v) is 18.0. The van der Waals surface area contributed by atoms with Crippen LogP contribution in [0.15, 0.2) is 61.1 Å². The number of rotatable bonds is 5. The molecule has 1 saturated heterocycles. The lowest BCUT2D eigenvalue weighted by Crippen LogP contribution is -2.47. The minimum absolute atomic E-state index is 0. The molecule has 1 N–H and O–H groups in total. The van der Waals surface area contributed by atoms with Crippen molar-refractivity contribution in [3.63, 3.8) is 0 Å². The smallest absolute Gasteiger partial charge is 0.321 e. The summed E-state index contributed by atoms with van der Waals surface area (Å²) < 4.78 is 0. The maximum Gasteiger partial charge on any atom is 0.321 e. The Bertz CT molecular complexity index is 983. The van der Waals surface area contributed by atoms with Crippen molar-refractivity contribution in [2.24, 2.45) is 0 Å². The Morgan fingerprint density at radius 2 is 1.72 bits per heavy atom. The number of piperidine rings is 1. The number of carbonyl (C=O) groups excluding carboxylic acids is 1. The van der Waals surface area contributed by atoms with Gasteiger partial charge in [-0.1, -0.05) is 44.7 Å². The highest BCUT2D eigenvalue weighted by Gasteiger charge is 2.26. The van der Waals surface area contributed by atoms with Crippen LogP contribution in [0.1, 0.15) is 32.8 Å². The molecule has 2 aromatic heterocycles. The molecular weight excluding hydrogens is 400 g/mol. The number of carbonyl (C=O) groups is 1. The molecule has 0 spiro atoms. The zero-order valence-electron chi connectivity index (χ0n) is 18.0. The molecule has 1 aromatic carbocycles. The number of urea groups is 1. The number of aromatic nitrogens is 3. The third kappa shape index (κ3) is 5.41. The van der Waals surface area contributed by atoms with Gasteiger partial charge in [-0.05, 0) is 37.0 Å². The number of amides is 2. The predicted octanol–water partition coefficient (Wildman–Crippen LogP) is 4.87. The number of hydrogen-bond donors (Lipinski definition) is 1. The molecular formula is C25H32N6O. The molecule has 0 radical (unpaired) electrons. The Hall–Kier alpha value is -3.48. The Balaban J connectivity index is 0.00000289. The summed E-state index contributed by atoms with van der Waals surface area (Å²) in [7, 11) is 1.86. The summed E-state index contributed by atoms with van der Waals surface area (Å²) in [6.07, 6.45) is 8.19. The van der Waals surface area contributed by atoms with Crippen LogP contribution in [0.25, 0.3) is 11.3 Å². The summed E-state index contributed by atoms with van der Waals surface area (Å²) in [4.78, 5) is 30.2. The van der Waals surface area contributed by atoms with E-state index in [4.69, 9.17) is 0 Å². The van der Waals surface area contributed by atoms with Crippen LogP contribution in [0.2, 0.25) is 0 Å². The van der Waals surface area contributed by atoms with Crippen LogP contribution < -0.4 is 10.2 Å². The highest BCUT2D eigenvalue weighted by Crippen LogP contribution is 2.21. The van der Waals surface area contributed by atoms with Gasteiger partial charge in [0.15, 0.2) is 0 Å². The number of anilines is 2. The molecule has 7 heteroatoms. The normalized spacial score (nSPS) is 13.9. The lowest BCUT2D eigenvalue weighted by molar-refractivity contribution is 0.193. The average Bonchev–Trinajstić information content (AvgIpc) is 2.85. The van der Waals surface area contributed by atoms with Gasteiger partial charge in [-0.15, -0.1) is 0 Å². The third-order valence-electron chi connectivity index (χ3n) is 5.80. The molecule has 0 bridgehead atoms. The first-order valence-electron chi connectivity index (χ1n) is 10.7. The first-order chi connectivity index (χ1) is 15.1. The van der Waals surface area contributed by atoms with E-state index in [1.54, 1.807) is 11.1 Å². The maximum absolute atomic E-state index is 12.7. The molecule has 168 valence electrons. The highest BCUT2D eigenvalue weighted by atomic mass is 16.2. The molecule has 3 aromatic rings. The fourth-order valence-electron chi connectivity index (χ4n) is 3.77. The van der Waals surface area contributed by atoms with Crippen LogP contribution in [-0.4, -0.2) is 52.1 Å². The van der Waals surface area contributed by atoms with E-state index in [9.17, 15) is 4.79 Å². The van der Waals surface area contributed by atoms with Crippen molar-refractivity contribution in [1.82, 2.24) is 19.9 Å². The first-order valence-corrected chi connectivity index (χ1v) is 10.7. The average molecular weight is 433 g/mol. The molecule has 1 aliphatic heterocycles. The molecule has 4 rings (SSSR count). The van der Waals surface area contributed by atoms with Gasteiger partial charge in [-0.25, -0.2) is 14.8 Å². The van der Waals surface area contributed by atoms with Crippen molar-refractivity contribution >= 4 is 17.7 Å². The van der Waals surface area contributed by atoms with E-state index < -0.39 is 0 Å². The van der Waals surface area contributed by atoms with Crippen molar-refractivity contribution in [2.45, 2.75) is 39.7 Å². The number of benzene rings is 1. The summed E-state index contributed by atoms with van der Waals surface area (Å²) in [6, 6.07) is 13.9. The quantitative estimate of drug-likeness (QED) is 0.623. The summed E-state index contributed by atoms with van der Waals surface area (Å²) in [5.74, 6) is 0.771. The van der Waals surface area contributed by atoms with Crippen LogP contribution in [0, 0.1) is 0 Å². The standard InChI is InChI=1S/C24H28N6O.CH4/c1-3-18-15-26-23(27-16-18)30-13-11-21(12-14-30)29(2)24(31)28-20-9-10-22(25-17-20)19-7-5-4-6-8-19;/h4-10,15-17,21H,3,11-14H2,1-2H3,(H,28,31);1H4. The van der Waals surface area contributed by atoms with Gasteiger partial charge >= 0.3 is 6.03 Å². The number of pyridine rings is 1. The van der Waals surface area contributed by atoms with Crippen molar-refractivity contribution in [3.05, 3.63) is 66.6 Å². The number of hydrogen-bond acceptors (Lipinski definition) is 5. The Morgan fingerprint density at radius 1 is 1.03 bits per heavy atom. The maximum atomic E-state index is 12.7. The molecule has 0 atom stereocenters. The molecule has 2 amide bonds. The fraction of sp³-hybridized carbons (Fsp3) is 0.360. The topological polar surface area (TPSA) is 74.2 Å². The first kappa shape index (κ1) is 23.2. The van der Waals surface area contributed by atoms with Crippen molar-refractivity contribution in [2.75, 3.05) is 30.4 Å². The SMILES string of the molecule is C.CCc1cnc(N2CCC(N(C)C(=O)Nc3ccc(-c4ccccc4)nc3)CC2)nc1. The molecule has 1 fully saturated rings. The van der Waals surface area contributed by atoms with Crippen molar-refractivity contribution < 1.29 is 4.79 Å². The molecule has 0 saturated carbocycles. The van der Waals surface area contributed by atoms with Gasteiger partial charge in [0, 0.05) is 44.1 Å². The van der Waals surface area contributed by atoms with Crippen LogP contribution in [0.3, 0.4) is 0 Å². The summed E-state index contributed by atoms with van der Waals surface area (Å²) in [5, 5.41) is 2.96. The second-order valence-corrected chi connectivity index (χ2v) is 7.80. The van der Waals surface area contributed by atoms with Crippen LogP contribution in [0.5, 0.6) is 0 Å². The van der Waals surface area contributed by atoms with Gasteiger partial charge in [-0.2, -0.15) is 0 Å². The van der Waals surface area contributed by atoms with E-state index in [1.165, 1.54) is 0 Å². The third-order valence-corrected chi connectivity index (χ3v) is 5.80. The summed E-state index contributed by atoms with van der Waals surface area (Å²) in [6.45, 7) is 3.76. The van der Waals surface area contributed by atoms with Gasteiger partial charge < -0.3 is 15.1 Å². The van der Waals surface area contributed by atoms with Crippen molar-refractivity contribution in [1.29, 1.82) is 0 Å². The van der Waals surface area contributed by atoms with Gasteiger partial charge in [-0.3, -0.25) is 4.98 Å². The number of nitrogens with one attached hydrogen (secondary N) is 1. The number of nitrogens with zero attached hydrogens (tertiary/aromatic N) is 5. The van der Waals surface area contributed by atoms with E-state index >= 15 is 0 Å². The summed E-state index contributed by atoms with van der Waals surface area (Å²) >= 11 is 0. The monoisotopic (exact) mass is 432 g/mol. The second kappa shape index (κ2) is 10.7. The van der Waals surface area contributed by atoms with Gasteiger partial charge in [0.1, 0.15) is 0 Å². The van der Waals surface area contributed by atoms with E-state index in [2.05, 4.69) is 32.1 Å². The van der Waals surface area contributed by atoms with Crippen LogP contribution in [-0.2, 0) is 6.42 Å². The molecule has 32 heavy (non-hydrogen) atoms. The van der Waals surface area contributed by atoms with E-state index in [1.807, 2.05) is 61.9 Å². The number of aryl methyl sites for hydroxylation is 1. The van der Waals surface area contributed by atoms with Crippen LogP contribution in [0.4, 0.5) is 16.4 Å².